The summed E-state index contributed by atoms with van der Waals surface area (Å²) in [5.74, 6) is -0.459. The molecule has 0 aliphatic carbocycles. The van der Waals surface area contributed by atoms with Gasteiger partial charge in [0.25, 0.3) is 0 Å². The van der Waals surface area contributed by atoms with Crippen LogP contribution >= 0.6 is 11.3 Å². The molecule has 0 saturated heterocycles. The average Bonchev–Trinajstić information content (AvgIpc) is 3.24. The molecule has 3 aromatic rings. The predicted octanol–water partition coefficient (Wildman–Crippen LogP) is 4.74. The molecule has 0 fully saturated rings. The summed E-state index contributed by atoms with van der Waals surface area (Å²) in [6.45, 7) is 8.36. The van der Waals surface area contributed by atoms with E-state index in [1.54, 1.807) is 6.92 Å². The van der Waals surface area contributed by atoms with Crippen molar-refractivity contribution < 1.29 is 14.3 Å². The molecule has 2 heterocycles. The summed E-state index contributed by atoms with van der Waals surface area (Å²) in [5.41, 5.74) is 5.24. The third-order valence-corrected chi connectivity index (χ3v) is 5.51. The Balaban J connectivity index is 1.85. The standard InChI is InChI=1S/C22H25N3O3S/c1-5-28-21(27)18-12-19(17-8-6-14(2)7-9-17)25(16(18)4)11-10-20(26)24-22-23-15(3)13-29-22/h6-9,12-13H,5,10-11H2,1-4H3,(H,23,24,26). The number of thiazole rings is 1. The van der Waals surface area contributed by atoms with E-state index in [1.165, 1.54) is 11.3 Å². The molecule has 0 bridgehead atoms. The summed E-state index contributed by atoms with van der Waals surface area (Å²) in [5, 5.41) is 5.33. The maximum Gasteiger partial charge on any atom is 0.339 e. The second-order valence-electron chi connectivity index (χ2n) is 6.86. The fourth-order valence-corrected chi connectivity index (χ4v) is 3.82. The topological polar surface area (TPSA) is 73.2 Å². The molecule has 0 aliphatic rings. The van der Waals surface area contributed by atoms with E-state index in [-0.39, 0.29) is 18.3 Å². The van der Waals surface area contributed by atoms with Crippen LogP contribution in [-0.4, -0.2) is 28.0 Å². The van der Waals surface area contributed by atoms with Crippen molar-refractivity contribution in [2.75, 3.05) is 11.9 Å². The molecule has 0 spiro atoms. The molecule has 0 aliphatic heterocycles. The van der Waals surface area contributed by atoms with Crippen molar-refractivity contribution in [2.24, 2.45) is 0 Å². The van der Waals surface area contributed by atoms with Crippen LogP contribution in [0.1, 0.15) is 40.7 Å². The summed E-state index contributed by atoms with van der Waals surface area (Å²) in [4.78, 5) is 29.0. The lowest BCUT2D eigenvalue weighted by atomic mass is 10.1. The molecule has 0 atom stereocenters. The van der Waals surface area contributed by atoms with E-state index in [9.17, 15) is 9.59 Å². The van der Waals surface area contributed by atoms with Gasteiger partial charge in [-0.2, -0.15) is 0 Å². The van der Waals surface area contributed by atoms with E-state index in [0.29, 0.717) is 23.8 Å². The van der Waals surface area contributed by atoms with E-state index < -0.39 is 0 Å². The van der Waals surface area contributed by atoms with E-state index >= 15 is 0 Å². The van der Waals surface area contributed by atoms with Crippen LogP contribution in [0.5, 0.6) is 0 Å². The molecular weight excluding hydrogens is 386 g/mol. The maximum atomic E-state index is 12.4. The number of rotatable bonds is 7. The first-order valence-corrected chi connectivity index (χ1v) is 10.4. The van der Waals surface area contributed by atoms with Crippen molar-refractivity contribution in [3.05, 3.63) is 58.2 Å². The molecule has 6 nitrogen and oxygen atoms in total. The number of aromatic nitrogens is 2. The Morgan fingerprint density at radius 1 is 1.17 bits per heavy atom. The number of carbonyl (C=O) groups excluding carboxylic acids is 2. The third kappa shape index (κ3) is 4.92. The number of anilines is 1. The lowest BCUT2D eigenvalue weighted by Gasteiger charge is -2.12. The number of hydrogen-bond donors (Lipinski definition) is 1. The Morgan fingerprint density at radius 2 is 1.90 bits per heavy atom. The largest absolute Gasteiger partial charge is 0.462 e. The van der Waals surface area contributed by atoms with Crippen LogP contribution < -0.4 is 5.32 Å². The van der Waals surface area contributed by atoms with E-state index in [0.717, 1.165) is 28.2 Å². The maximum absolute atomic E-state index is 12.4. The fourth-order valence-electron chi connectivity index (χ4n) is 3.12. The van der Waals surface area contributed by atoms with E-state index in [2.05, 4.69) is 10.3 Å². The van der Waals surface area contributed by atoms with Gasteiger partial charge >= 0.3 is 5.97 Å². The Bertz CT molecular complexity index is 1020. The molecule has 0 saturated carbocycles. The highest BCUT2D eigenvalue weighted by molar-refractivity contribution is 7.13. The lowest BCUT2D eigenvalue weighted by molar-refractivity contribution is -0.116. The molecule has 0 radical (unpaired) electrons. The summed E-state index contributed by atoms with van der Waals surface area (Å²) >= 11 is 1.41. The first kappa shape index (κ1) is 20.8. The monoisotopic (exact) mass is 411 g/mol. The van der Waals surface area contributed by atoms with Gasteiger partial charge in [-0.05, 0) is 39.3 Å². The molecule has 152 valence electrons. The molecule has 1 aromatic carbocycles. The SMILES string of the molecule is CCOC(=O)c1cc(-c2ccc(C)cc2)n(CCC(=O)Nc2nc(C)cs2)c1C. The predicted molar refractivity (Wildman–Crippen MR) is 115 cm³/mol. The van der Waals surface area contributed by atoms with Crippen molar-refractivity contribution >= 4 is 28.3 Å². The van der Waals surface area contributed by atoms with Gasteiger partial charge in [0, 0.05) is 29.7 Å². The third-order valence-electron chi connectivity index (χ3n) is 4.64. The number of nitrogens with zero attached hydrogens (tertiary/aromatic N) is 2. The fraction of sp³-hybridized carbons (Fsp3) is 0.318. The molecule has 29 heavy (non-hydrogen) atoms. The highest BCUT2D eigenvalue weighted by Crippen LogP contribution is 2.27. The minimum absolute atomic E-state index is 0.111. The van der Waals surface area contributed by atoms with Crippen LogP contribution in [0, 0.1) is 20.8 Å². The average molecular weight is 412 g/mol. The highest BCUT2D eigenvalue weighted by Gasteiger charge is 2.20. The van der Waals surface area contributed by atoms with E-state index in [1.807, 2.05) is 61.1 Å². The summed E-state index contributed by atoms with van der Waals surface area (Å²) in [7, 11) is 0. The molecule has 0 unspecified atom stereocenters. The summed E-state index contributed by atoms with van der Waals surface area (Å²) in [6.07, 6.45) is 0.273. The number of aryl methyl sites for hydroxylation is 2. The van der Waals surface area contributed by atoms with Crippen LogP contribution in [0.3, 0.4) is 0 Å². The number of benzene rings is 1. The van der Waals surface area contributed by atoms with Crippen LogP contribution in [0.15, 0.2) is 35.7 Å². The van der Waals surface area contributed by atoms with Gasteiger partial charge in [0.15, 0.2) is 5.13 Å². The minimum atomic E-state index is -0.347. The molecular formula is C22H25N3O3S. The van der Waals surface area contributed by atoms with Crippen LogP contribution in [-0.2, 0) is 16.1 Å². The van der Waals surface area contributed by atoms with Gasteiger partial charge in [0.1, 0.15) is 0 Å². The number of hydrogen-bond acceptors (Lipinski definition) is 5. The second kappa shape index (κ2) is 9.05. The number of esters is 1. The van der Waals surface area contributed by atoms with Gasteiger partial charge in [-0.3, -0.25) is 4.79 Å². The lowest BCUT2D eigenvalue weighted by Crippen LogP contribution is -2.16. The van der Waals surface area contributed by atoms with Crippen molar-refractivity contribution in [3.63, 3.8) is 0 Å². The molecule has 3 rings (SSSR count). The van der Waals surface area contributed by atoms with Gasteiger partial charge < -0.3 is 14.6 Å². The second-order valence-corrected chi connectivity index (χ2v) is 7.72. The van der Waals surface area contributed by atoms with Crippen LogP contribution in [0.2, 0.25) is 0 Å². The molecule has 2 aromatic heterocycles. The van der Waals surface area contributed by atoms with Gasteiger partial charge in [0.2, 0.25) is 5.91 Å². The Labute approximate surface area is 174 Å². The minimum Gasteiger partial charge on any atom is -0.462 e. The van der Waals surface area contributed by atoms with Crippen molar-refractivity contribution in [1.29, 1.82) is 0 Å². The number of carbonyl (C=O) groups is 2. The van der Waals surface area contributed by atoms with Gasteiger partial charge in [-0.15, -0.1) is 11.3 Å². The van der Waals surface area contributed by atoms with Crippen LogP contribution in [0.25, 0.3) is 11.3 Å². The number of ether oxygens (including phenoxy) is 1. The molecule has 7 heteroatoms. The smallest absolute Gasteiger partial charge is 0.339 e. The summed E-state index contributed by atoms with van der Waals surface area (Å²) in [6, 6.07) is 9.95. The van der Waals surface area contributed by atoms with E-state index in [4.69, 9.17) is 4.74 Å². The highest BCUT2D eigenvalue weighted by atomic mass is 32.1. The Kier molecular flexibility index (Phi) is 6.49. The zero-order valence-electron chi connectivity index (χ0n) is 17.1. The normalized spacial score (nSPS) is 10.8. The molecule has 1 N–H and O–H groups in total. The zero-order valence-corrected chi connectivity index (χ0v) is 17.9. The van der Waals surface area contributed by atoms with Gasteiger partial charge in [-0.25, -0.2) is 9.78 Å². The number of nitrogens with one attached hydrogen (secondary N) is 1. The van der Waals surface area contributed by atoms with Gasteiger partial charge in [0.05, 0.1) is 17.9 Å². The first-order chi connectivity index (χ1) is 13.9. The molecule has 1 amide bonds. The Morgan fingerprint density at radius 3 is 2.52 bits per heavy atom. The quantitative estimate of drug-likeness (QED) is 0.570. The van der Waals surface area contributed by atoms with Gasteiger partial charge in [-0.1, -0.05) is 29.8 Å². The number of amides is 1. The first-order valence-electron chi connectivity index (χ1n) is 9.55. The Hall–Kier alpha value is -2.93. The van der Waals surface area contributed by atoms with Crippen LogP contribution in [0.4, 0.5) is 5.13 Å². The zero-order chi connectivity index (χ0) is 21.0. The van der Waals surface area contributed by atoms with Crippen molar-refractivity contribution in [2.45, 2.75) is 40.7 Å². The van der Waals surface area contributed by atoms with Crippen molar-refractivity contribution in [1.82, 2.24) is 9.55 Å². The van der Waals surface area contributed by atoms with Crippen molar-refractivity contribution in [3.8, 4) is 11.3 Å². The summed E-state index contributed by atoms with van der Waals surface area (Å²) < 4.78 is 7.20.